The Hall–Kier alpha value is -3.51. The van der Waals surface area contributed by atoms with Crippen LogP contribution in [0.5, 0.6) is 17.2 Å². The minimum Gasteiger partial charge on any atom is -0.493 e. The highest BCUT2D eigenvalue weighted by Crippen LogP contribution is 2.28. The molecule has 0 spiro atoms. The number of benzene rings is 3. The van der Waals surface area contributed by atoms with E-state index in [1.54, 1.807) is 24.4 Å². The van der Waals surface area contributed by atoms with Gasteiger partial charge in [-0.15, -0.1) is 0 Å². The smallest absolute Gasteiger partial charge is 0.271 e. The van der Waals surface area contributed by atoms with Crippen LogP contribution in [0.15, 0.2) is 71.8 Å². The van der Waals surface area contributed by atoms with Gasteiger partial charge in [0.2, 0.25) is 0 Å². The van der Waals surface area contributed by atoms with Gasteiger partial charge >= 0.3 is 0 Å². The third-order valence-electron chi connectivity index (χ3n) is 4.50. The van der Waals surface area contributed by atoms with Crippen LogP contribution in [0, 0.1) is 0 Å². The second-order valence-electron chi connectivity index (χ2n) is 6.86. The van der Waals surface area contributed by atoms with Crippen LogP contribution in [0.2, 0.25) is 5.02 Å². The van der Waals surface area contributed by atoms with Crippen molar-refractivity contribution in [3.63, 3.8) is 0 Å². The topological polar surface area (TPSA) is 69.2 Å². The highest BCUT2D eigenvalue weighted by Gasteiger charge is 2.10. The van der Waals surface area contributed by atoms with Crippen molar-refractivity contribution in [3.05, 3.63) is 88.4 Å². The second-order valence-corrected chi connectivity index (χ2v) is 7.27. The minimum absolute atomic E-state index is 0.346. The number of rotatable bonds is 10. The van der Waals surface area contributed by atoms with Gasteiger partial charge in [-0.05, 0) is 60.5 Å². The van der Waals surface area contributed by atoms with E-state index in [0.717, 1.165) is 17.5 Å². The summed E-state index contributed by atoms with van der Waals surface area (Å²) in [6, 6.07) is 19.9. The fourth-order valence-electron chi connectivity index (χ4n) is 2.80. The van der Waals surface area contributed by atoms with Crippen LogP contribution in [0.4, 0.5) is 0 Å². The number of nitrogens with one attached hydrogen (secondary N) is 1. The highest BCUT2D eigenvalue weighted by atomic mass is 35.5. The third-order valence-corrected chi connectivity index (χ3v) is 4.87. The maximum atomic E-state index is 12.4. The van der Waals surface area contributed by atoms with Crippen molar-refractivity contribution in [2.75, 3.05) is 13.7 Å². The number of amides is 1. The van der Waals surface area contributed by atoms with E-state index in [0.29, 0.717) is 41.0 Å². The van der Waals surface area contributed by atoms with Gasteiger partial charge in [0.25, 0.3) is 5.91 Å². The number of hydrogen-bond donors (Lipinski definition) is 1. The Labute approximate surface area is 192 Å². The standard InChI is InChI=1S/C25H25ClN2O4/c1-3-14-31-23-13-10-19(15-24(23)30-2)25(29)28-27-16-18-8-11-21(12-9-18)32-17-20-6-4-5-7-22(20)26/h4-13,15-16H,3,14,17H2,1-2H3,(H,28,29)/b27-16+. The molecule has 0 heterocycles. The van der Waals surface area contributed by atoms with E-state index in [1.165, 1.54) is 7.11 Å². The molecule has 0 fully saturated rings. The molecule has 1 N–H and O–H groups in total. The first-order valence-electron chi connectivity index (χ1n) is 10.2. The van der Waals surface area contributed by atoms with Crippen molar-refractivity contribution in [1.82, 2.24) is 5.43 Å². The minimum atomic E-state index is -0.346. The number of carbonyl (C=O) groups is 1. The molecule has 0 aromatic heterocycles. The maximum Gasteiger partial charge on any atom is 0.271 e. The van der Waals surface area contributed by atoms with Crippen molar-refractivity contribution >= 4 is 23.7 Å². The van der Waals surface area contributed by atoms with Crippen molar-refractivity contribution in [2.24, 2.45) is 5.10 Å². The molecule has 6 nitrogen and oxygen atoms in total. The Balaban J connectivity index is 1.54. The van der Waals surface area contributed by atoms with E-state index >= 15 is 0 Å². The lowest BCUT2D eigenvalue weighted by Crippen LogP contribution is -2.17. The molecule has 0 aliphatic rings. The fraction of sp³-hybridized carbons (Fsp3) is 0.200. The first-order chi connectivity index (χ1) is 15.6. The van der Waals surface area contributed by atoms with E-state index in [2.05, 4.69) is 10.5 Å². The fourth-order valence-corrected chi connectivity index (χ4v) is 2.99. The number of carbonyl (C=O) groups excluding carboxylic acids is 1. The Morgan fingerprint density at radius 3 is 2.53 bits per heavy atom. The van der Waals surface area contributed by atoms with Gasteiger partial charge in [0, 0.05) is 16.1 Å². The molecule has 32 heavy (non-hydrogen) atoms. The maximum absolute atomic E-state index is 12.4. The molecule has 1 amide bonds. The molecule has 166 valence electrons. The monoisotopic (exact) mass is 452 g/mol. The number of nitrogens with zero attached hydrogens (tertiary/aromatic N) is 1. The summed E-state index contributed by atoms with van der Waals surface area (Å²) in [5, 5.41) is 4.70. The molecule has 0 atom stereocenters. The van der Waals surface area contributed by atoms with Gasteiger partial charge in [-0.25, -0.2) is 5.43 Å². The zero-order valence-corrected chi connectivity index (χ0v) is 18.8. The Kier molecular flexibility index (Phi) is 8.52. The summed E-state index contributed by atoms with van der Waals surface area (Å²) in [6.45, 7) is 2.98. The first kappa shape index (κ1) is 23.2. The Bertz CT molecular complexity index is 1070. The lowest BCUT2D eigenvalue weighted by molar-refractivity contribution is 0.0954. The van der Waals surface area contributed by atoms with Crippen LogP contribution in [-0.4, -0.2) is 25.8 Å². The number of methoxy groups -OCH3 is 1. The van der Waals surface area contributed by atoms with Gasteiger partial charge < -0.3 is 14.2 Å². The van der Waals surface area contributed by atoms with E-state index in [1.807, 2.05) is 55.5 Å². The van der Waals surface area contributed by atoms with E-state index in [4.69, 9.17) is 25.8 Å². The summed E-state index contributed by atoms with van der Waals surface area (Å²) >= 11 is 6.14. The van der Waals surface area contributed by atoms with Gasteiger partial charge in [-0.2, -0.15) is 5.10 Å². The molecule has 7 heteroatoms. The molecule has 0 aliphatic heterocycles. The summed E-state index contributed by atoms with van der Waals surface area (Å²) in [5.74, 6) is 1.47. The number of hydrogen-bond acceptors (Lipinski definition) is 5. The SMILES string of the molecule is CCCOc1ccc(C(=O)N/N=C/c2ccc(OCc3ccccc3Cl)cc2)cc1OC. The lowest BCUT2D eigenvalue weighted by atomic mass is 10.2. The molecule has 0 radical (unpaired) electrons. The molecular formula is C25H25ClN2O4. The molecule has 0 saturated carbocycles. The van der Waals surface area contributed by atoms with Gasteiger partial charge in [0.1, 0.15) is 12.4 Å². The Morgan fingerprint density at radius 2 is 1.81 bits per heavy atom. The molecule has 0 saturated heterocycles. The lowest BCUT2D eigenvalue weighted by Gasteiger charge is -2.11. The van der Waals surface area contributed by atoms with Crippen LogP contribution in [-0.2, 0) is 6.61 Å². The van der Waals surface area contributed by atoms with Crippen LogP contribution in [0.1, 0.15) is 34.8 Å². The van der Waals surface area contributed by atoms with Gasteiger partial charge in [-0.1, -0.05) is 36.7 Å². The molecule has 0 aliphatic carbocycles. The molecule has 3 aromatic carbocycles. The average molecular weight is 453 g/mol. The summed E-state index contributed by atoms with van der Waals surface area (Å²) in [7, 11) is 1.54. The number of ether oxygens (including phenoxy) is 3. The van der Waals surface area contributed by atoms with Crippen molar-refractivity contribution < 1.29 is 19.0 Å². The molecule has 0 bridgehead atoms. The van der Waals surface area contributed by atoms with E-state index < -0.39 is 0 Å². The van der Waals surface area contributed by atoms with Crippen LogP contribution in [0.3, 0.4) is 0 Å². The predicted molar refractivity (Wildman–Crippen MR) is 126 cm³/mol. The average Bonchev–Trinajstić information content (AvgIpc) is 2.83. The molecule has 3 aromatic rings. The van der Waals surface area contributed by atoms with Crippen molar-refractivity contribution in [2.45, 2.75) is 20.0 Å². The first-order valence-corrected chi connectivity index (χ1v) is 10.6. The van der Waals surface area contributed by atoms with Gasteiger partial charge in [-0.3, -0.25) is 4.79 Å². The third kappa shape index (κ3) is 6.49. The van der Waals surface area contributed by atoms with Crippen LogP contribution >= 0.6 is 11.6 Å². The summed E-state index contributed by atoms with van der Waals surface area (Å²) in [5.41, 5.74) is 4.68. The summed E-state index contributed by atoms with van der Waals surface area (Å²) in [6.07, 6.45) is 2.44. The number of halogens is 1. The normalized spacial score (nSPS) is 10.7. The predicted octanol–water partition coefficient (Wildman–Crippen LogP) is 5.48. The second kappa shape index (κ2) is 11.8. The van der Waals surface area contributed by atoms with Gasteiger partial charge in [0.05, 0.1) is 19.9 Å². The van der Waals surface area contributed by atoms with E-state index in [-0.39, 0.29) is 5.91 Å². The number of hydrazone groups is 1. The van der Waals surface area contributed by atoms with Crippen molar-refractivity contribution in [1.29, 1.82) is 0 Å². The molecular weight excluding hydrogens is 428 g/mol. The molecule has 3 rings (SSSR count). The largest absolute Gasteiger partial charge is 0.493 e. The zero-order valence-electron chi connectivity index (χ0n) is 18.0. The van der Waals surface area contributed by atoms with E-state index in [9.17, 15) is 4.79 Å². The summed E-state index contributed by atoms with van der Waals surface area (Å²) < 4.78 is 16.7. The highest BCUT2D eigenvalue weighted by molar-refractivity contribution is 6.31. The quantitative estimate of drug-likeness (QED) is 0.326. The van der Waals surface area contributed by atoms with Crippen LogP contribution in [0.25, 0.3) is 0 Å². The molecule has 0 unspecified atom stereocenters. The van der Waals surface area contributed by atoms with Gasteiger partial charge in [0.15, 0.2) is 11.5 Å². The Morgan fingerprint density at radius 1 is 1.03 bits per heavy atom. The summed E-state index contributed by atoms with van der Waals surface area (Å²) in [4.78, 5) is 12.4. The zero-order chi connectivity index (χ0) is 22.8. The van der Waals surface area contributed by atoms with Crippen LogP contribution < -0.4 is 19.6 Å². The van der Waals surface area contributed by atoms with Crippen molar-refractivity contribution in [3.8, 4) is 17.2 Å².